The van der Waals surface area contributed by atoms with Crippen molar-refractivity contribution >= 4 is 0 Å². The number of nitrogens with zero attached hydrogens (tertiary/aromatic N) is 3. The van der Waals surface area contributed by atoms with E-state index in [0.717, 1.165) is 24.4 Å². The van der Waals surface area contributed by atoms with Crippen LogP contribution in [0.15, 0.2) is 24.5 Å². The van der Waals surface area contributed by atoms with Crippen LogP contribution in [-0.2, 0) is 30.9 Å². The lowest BCUT2D eigenvalue weighted by Crippen LogP contribution is -2.10. The van der Waals surface area contributed by atoms with Crippen LogP contribution in [0.4, 0.5) is 0 Å². The zero-order valence-electron chi connectivity index (χ0n) is 11.6. The molecular formula is C15H19N3O2. The van der Waals surface area contributed by atoms with Gasteiger partial charge in [0.2, 0.25) is 0 Å². The number of hydrogen-bond acceptors (Lipinski definition) is 4. The molecule has 0 aliphatic carbocycles. The highest BCUT2D eigenvalue weighted by Gasteiger charge is 2.17. The summed E-state index contributed by atoms with van der Waals surface area (Å²) in [4.78, 5) is 4.24. The molecule has 1 N–H and O–H groups in total. The van der Waals surface area contributed by atoms with Crippen LogP contribution >= 0.6 is 0 Å². The van der Waals surface area contributed by atoms with E-state index in [1.54, 1.807) is 6.33 Å². The van der Waals surface area contributed by atoms with Crippen molar-refractivity contribution in [1.29, 1.82) is 0 Å². The number of aliphatic hydroxyl groups excluding tert-OH is 1. The van der Waals surface area contributed by atoms with Gasteiger partial charge in [-0.2, -0.15) is 5.10 Å². The van der Waals surface area contributed by atoms with Crippen LogP contribution < -0.4 is 0 Å². The average molecular weight is 273 g/mol. The van der Waals surface area contributed by atoms with Gasteiger partial charge in [-0.25, -0.2) is 4.98 Å². The lowest BCUT2D eigenvalue weighted by Gasteiger charge is -2.12. The maximum Gasteiger partial charge on any atom is 0.138 e. The fraction of sp³-hybridized carbons (Fsp3) is 0.467. The first-order chi connectivity index (χ1) is 9.78. The monoisotopic (exact) mass is 273 g/mol. The molecule has 1 aliphatic heterocycles. The van der Waals surface area contributed by atoms with Gasteiger partial charge in [-0.15, -0.1) is 0 Å². The second-order valence-corrected chi connectivity index (χ2v) is 5.14. The molecule has 20 heavy (non-hydrogen) atoms. The summed E-state index contributed by atoms with van der Waals surface area (Å²) in [6.07, 6.45) is 2.48. The molecule has 1 aromatic carbocycles. The first kappa shape index (κ1) is 13.3. The van der Waals surface area contributed by atoms with Crippen molar-refractivity contribution in [2.45, 2.75) is 45.6 Å². The fourth-order valence-corrected chi connectivity index (χ4v) is 2.53. The normalized spacial score (nSPS) is 15.3. The average Bonchev–Trinajstić information content (AvgIpc) is 3.07. The Morgan fingerprint density at radius 2 is 2.20 bits per heavy atom. The van der Waals surface area contributed by atoms with Crippen LogP contribution in [0.1, 0.15) is 42.0 Å². The van der Waals surface area contributed by atoms with E-state index >= 15 is 0 Å². The summed E-state index contributed by atoms with van der Waals surface area (Å²) >= 11 is 0. The molecule has 1 atom stereocenters. The number of aryl methyl sites for hydroxylation is 1. The SMILES string of the molecule is CCCn1ncnc1CC(O)c1ccc2c(c1)COC2. The maximum atomic E-state index is 10.4. The summed E-state index contributed by atoms with van der Waals surface area (Å²) in [5.41, 5.74) is 3.31. The van der Waals surface area contributed by atoms with E-state index in [1.165, 1.54) is 11.1 Å². The summed E-state index contributed by atoms with van der Waals surface area (Å²) in [7, 11) is 0. The third-order valence-electron chi connectivity index (χ3n) is 3.64. The third-order valence-corrected chi connectivity index (χ3v) is 3.64. The van der Waals surface area contributed by atoms with Gasteiger partial charge in [0.1, 0.15) is 12.2 Å². The summed E-state index contributed by atoms with van der Waals surface area (Å²) in [6.45, 7) is 4.25. The summed E-state index contributed by atoms with van der Waals surface area (Å²) in [6, 6.07) is 6.05. The number of ether oxygens (including phenoxy) is 1. The van der Waals surface area contributed by atoms with Crippen molar-refractivity contribution in [2.24, 2.45) is 0 Å². The van der Waals surface area contributed by atoms with Crippen molar-refractivity contribution in [3.05, 3.63) is 47.0 Å². The second kappa shape index (κ2) is 5.73. The molecular weight excluding hydrogens is 254 g/mol. The molecule has 2 heterocycles. The predicted molar refractivity (Wildman–Crippen MR) is 73.9 cm³/mol. The van der Waals surface area contributed by atoms with Crippen molar-refractivity contribution in [2.75, 3.05) is 0 Å². The van der Waals surface area contributed by atoms with Crippen LogP contribution in [0.2, 0.25) is 0 Å². The largest absolute Gasteiger partial charge is 0.388 e. The summed E-state index contributed by atoms with van der Waals surface area (Å²) in [5.74, 6) is 0.830. The quantitative estimate of drug-likeness (QED) is 0.905. The van der Waals surface area contributed by atoms with Crippen molar-refractivity contribution in [1.82, 2.24) is 14.8 Å². The van der Waals surface area contributed by atoms with Crippen LogP contribution in [-0.4, -0.2) is 19.9 Å². The summed E-state index contributed by atoms with van der Waals surface area (Å²) < 4.78 is 7.26. The van der Waals surface area contributed by atoms with Gasteiger partial charge in [-0.05, 0) is 23.1 Å². The highest BCUT2D eigenvalue weighted by Crippen LogP contribution is 2.25. The molecule has 0 spiro atoms. The number of benzene rings is 1. The van der Waals surface area contributed by atoms with Gasteiger partial charge in [0.05, 0.1) is 19.3 Å². The van der Waals surface area contributed by atoms with E-state index in [-0.39, 0.29) is 0 Å². The minimum Gasteiger partial charge on any atom is -0.388 e. The molecule has 2 aromatic rings. The van der Waals surface area contributed by atoms with Gasteiger partial charge in [-0.3, -0.25) is 4.68 Å². The topological polar surface area (TPSA) is 60.2 Å². The van der Waals surface area contributed by atoms with Gasteiger partial charge in [0.15, 0.2) is 0 Å². The van der Waals surface area contributed by atoms with Gasteiger partial charge in [0.25, 0.3) is 0 Å². The van der Waals surface area contributed by atoms with E-state index in [4.69, 9.17) is 4.74 Å². The van der Waals surface area contributed by atoms with Gasteiger partial charge in [0, 0.05) is 13.0 Å². The third kappa shape index (κ3) is 2.59. The Hall–Kier alpha value is -1.72. The second-order valence-electron chi connectivity index (χ2n) is 5.14. The van der Waals surface area contributed by atoms with Gasteiger partial charge < -0.3 is 9.84 Å². The molecule has 106 valence electrons. The minimum absolute atomic E-state index is 0.486. The fourth-order valence-electron chi connectivity index (χ4n) is 2.53. The molecule has 0 saturated carbocycles. The smallest absolute Gasteiger partial charge is 0.138 e. The Kier molecular flexibility index (Phi) is 3.80. The van der Waals surface area contributed by atoms with Crippen molar-refractivity contribution < 1.29 is 9.84 Å². The first-order valence-electron chi connectivity index (χ1n) is 7.02. The standard InChI is InChI=1S/C15H19N3O2/c1-2-5-18-15(16-10-17-18)7-14(19)11-3-4-12-8-20-9-13(12)6-11/h3-4,6,10,14,19H,2,5,7-9H2,1H3. The van der Waals surface area contributed by atoms with Gasteiger partial charge >= 0.3 is 0 Å². The Morgan fingerprint density at radius 3 is 3.05 bits per heavy atom. The Labute approximate surface area is 118 Å². The van der Waals surface area contributed by atoms with E-state index in [2.05, 4.69) is 17.0 Å². The number of aliphatic hydroxyl groups is 1. The number of rotatable bonds is 5. The number of fused-ring (bicyclic) bond motifs is 1. The Morgan fingerprint density at radius 1 is 1.35 bits per heavy atom. The molecule has 5 heteroatoms. The van der Waals surface area contributed by atoms with E-state index < -0.39 is 6.10 Å². The summed E-state index contributed by atoms with van der Waals surface area (Å²) in [5, 5.41) is 14.6. The molecule has 0 amide bonds. The molecule has 1 aromatic heterocycles. The zero-order valence-corrected chi connectivity index (χ0v) is 11.6. The Bertz CT molecular complexity index is 595. The zero-order chi connectivity index (χ0) is 13.9. The highest BCUT2D eigenvalue weighted by molar-refractivity contribution is 5.34. The lowest BCUT2D eigenvalue weighted by molar-refractivity contribution is 0.134. The van der Waals surface area contributed by atoms with Crippen molar-refractivity contribution in [3.8, 4) is 0 Å². The lowest BCUT2D eigenvalue weighted by atomic mass is 10.0. The van der Waals surface area contributed by atoms with Crippen LogP contribution in [0, 0.1) is 0 Å². The van der Waals surface area contributed by atoms with Gasteiger partial charge in [-0.1, -0.05) is 25.1 Å². The Balaban J connectivity index is 1.75. The molecule has 0 bridgehead atoms. The van der Waals surface area contributed by atoms with E-state index in [0.29, 0.717) is 19.6 Å². The predicted octanol–water partition coefficient (Wildman–Crippen LogP) is 1.99. The van der Waals surface area contributed by atoms with Crippen LogP contribution in [0.3, 0.4) is 0 Å². The minimum atomic E-state index is -0.555. The molecule has 3 rings (SSSR count). The highest BCUT2D eigenvalue weighted by atomic mass is 16.5. The molecule has 1 unspecified atom stereocenters. The molecule has 0 radical (unpaired) electrons. The maximum absolute atomic E-state index is 10.4. The number of hydrogen-bond donors (Lipinski definition) is 1. The molecule has 0 saturated heterocycles. The number of aromatic nitrogens is 3. The molecule has 1 aliphatic rings. The molecule has 5 nitrogen and oxygen atoms in total. The first-order valence-corrected chi connectivity index (χ1v) is 7.02. The molecule has 0 fully saturated rings. The van der Waals surface area contributed by atoms with Crippen LogP contribution in [0.25, 0.3) is 0 Å². The van der Waals surface area contributed by atoms with Crippen molar-refractivity contribution in [3.63, 3.8) is 0 Å². The van der Waals surface area contributed by atoms with Crippen LogP contribution in [0.5, 0.6) is 0 Å². The van der Waals surface area contributed by atoms with E-state index in [1.807, 2.05) is 22.9 Å². The van der Waals surface area contributed by atoms with E-state index in [9.17, 15) is 5.11 Å².